The lowest BCUT2D eigenvalue weighted by Gasteiger charge is -2.27. The molecule has 1 N–H and O–H groups in total. The van der Waals surface area contributed by atoms with Crippen molar-refractivity contribution in [1.29, 1.82) is 0 Å². The topological polar surface area (TPSA) is 45.5 Å². The Morgan fingerprint density at radius 3 is 2.69 bits per heavy atom. The lowest BCUT2D eigenvalue weighted by Crippen LogP contribution is -2.30. The molecule has 2 aliphatic heterocycles. The molecule has 0 amide bonds. The van der Waals surface area contributed by atoms with E-state index in [-0.39, 0.29) is 0 Å². The van der Waals surface area contributed by atoms with Crippen LogP contribution in [0.2, 0.25) is 0 Å². The van der Waals surface area contributed by atoms with Gasteiger partial charge in [-0.05, 0) is 48.9 Å². The fourth-order valence-corrected chi connectivity index (χ4v) is 5.01. The first-order chi connectivity index (χ1) is 15.8. The fraction of sp³-hybridized carbons (Fsp3) is 0.259. The highest BCUT2D eigenvalue weighted by Crippen LogP contribution is 2.37. The summed E-state index contributed by atoms with van der Waals surface area (Å²) in [6, 6.07) is 17.0. The molecule has 32 heavy (non-hydrogen) atoms. The Labute approximate surface area is 188 Å². The molecule has 0 spiro atoms. The minimum absolute atomic E-state index is 0.912. The van der Waals surface area contributed by atoms with Gasteiger partial charge in [0.05, 0.1) is 11.4 Å². The molecule has 0 aliphatic carbocycles. The van der Waals surface area contributed by atoms with E-state index < -0.39 is 0 Å². The van der Waals surface area contributed by atoms with Crippen LogP contribution in [0.25, 0.3) is 22.5 Å². The lowest BCUT2D eigenvalue weighted by molar-refractivity contribution is 0.574. The van der Waals surface area contributed by atoms with E-state index in [9.17, 15) is 0 Å². The zero-order valence-corrected chi connectivity index (χ0v) is 18.2. The first-order valence-electron chi connectivity index (χ1n) is 11.5. The molecule has 2 aliphatic rings. The van der Waals surface area contributed by atoms with Gasteiger partial charge >= 0.3 is 0 Å². The van der Waals surface area contributed by atoms with Crippen LogP contribution in [-0.2, 0) is 6.42 Å². The van der Waals surface area contributed by atoms with Crippen LogP contribution in [0.1, 0.15) is 36.1 Å². The standard InChI is InChI=1S/C27H27N5/c1-19(20-8-4-2-5-9-20)24-25(22-10-11-23-21(18-22)12-13-28-23)32-17-14-29-26(27(32)30-24)31-15-6-3-7-16-31/h2,4-5,8-11,14,17-18,28H,1,3,6-7,12-13,15-16H2. The molecule has 0 radical (unpaired) electrons. The molecule has 0 unspecified atom stereocenters. The first kappa shape index (κ1) is 19.1. The second-order valence-corrected chi connectivity index (χ2v) is 8.69. The zero-order chi connectivity index (χ0) is 21.5. The minimum Gasteiger partial charge on any atom is -0.384 e. The van der Waals surface area contributed by atoms with Crippen LogP contribution >= 0.6 is 0 Å². The molecule has 5 heteroatoms. The van der Waals surface area contributed by atoms with Gasteiger partial charge < -0.3 is 10.2 Å². The molecule has 2 aromatic heterocycles. The molecule has 0 bridgehead atoms. The molecule has 0 atom stereocenters. The number of anilines is 2. The van der Waals surface area contributed by atoms with Crippen LogP contribution in [0, 0.1) is 0 Å². The van der Waals surface area contributed by atoms with E-state index in [1.54, 1.807) is 0 Å². The molecular formula is C27H27N5. The van der Waals surface area contributed by atoms with Crippen LogP contribution in [0.3, 0.4) is 0 Å². The van der Waals surface area contributed by atoms with E-state index in [1.807, 2.05) is 18.5 Å². The highest BCUT2D eigenvalue weighted by Gasteiger charge is 2.24. The Hall–Kier alpha value is -3.60. The van der Waals surface area contributed by atoms with E-state index in [4.69, 9.17) is 9.97 Å². The molecule has 4 aromatic rings. The average Bonchev–Trinajstić information content (AvgIpc) is 3.48. The Morgan fingerprint density at radius 1 is 1.00 bits per heavy atom. The smallest absolute Gasteiger partial charge is 0.181 e. The molecule has 1 saturated heterocycles. The van der Waals surface area contributed by atoms with Crippen molar-refractivity contribution in [2.45, 2.75) is 25.7 Å². The predicted molar refractivity (Wildman–Crippen MR) is 131 cm³/mol. The minimum atomic E-state index is 0.912. The lowest BCUT2D eigenvalue weighted by atomic mass is 9.98. The molecule has 4 heterocycles. The summed E-state index contributed by atoms with van der Waals surface area (Å²) < 4.78 is 2.21. The highest BCUT2D eigenvalue weighted by atomic mass is 15.2. The maximum Gasteiger partial charge on any atom is 0.181 e. The van der Waals surface area contributed by atoms with Crippen molar-refractivity contribution in [1.82, 2.24) is 14.4 Å². The van der Waals surface area contributed by atoms with Gasteiger partial charge in [-0.3, -0.25) is 4.40 Å². The van der Waals surface area contributed by atoms with Crippen LogP contribution in [-0.4, -0.2) is 34.0 Å². The fourth-order valence-electron chi connectivity index (χ4n) is 5.01. The number of rotatable bonds is 4. The van der Waals surface area contributed by atoms with Crippen molar-refractivity contribution in [3.05, 3.63) is 84.3 Å². The van der Waals surface area contributed by atoms with Gasteiger partial charge in [0.15, 0.2) is 11.5 Å². The van der Waals surface area contributed by atoms with Gasteiger partial charge in [-0.2, -0.15) is 0 Å². The number of hydrogen-bond acceptors (Lipinski definition) is 4. The molecule has 5 nitrogen and oxygen atoms in total. The van der Waals surface area contributed by atoms with Gasteiger partial charge in [0, 0.05) is 48.9 Å². The molecular weight excluding hydrogens is 394 g/mol. The van der Waals surface area contributed by atoms with E-state index in [0.717, 1.165) is 60.0 Å². The first-order valence-corrected chi connectivity index (χ1v) is 11.5. The summed E-state index contributed by atoms with van der Waals surface area (Å²) in [5.41, 5.74) is 8.72. The molecule has 6 rings (SSSR count). The van der Waals surface area contributed by atoms with E-state index in [2.05, 4.69) is 63.7 Å². The SMILES string of the molecule is C=C(c1ccccc1)c1nc2c(N3CCCCC3)nccn2c1-c1ccc2c(c1)CCN2. The summed E-state index contributed by atoms with van der Waals surface area (Å²) in [6.07, 6.45) is 8.70. The molecule has 2 aromatic carbocycles. The van der Waals surface area contributed by atoms with Crippen LogP contribution < -0.4 is 10.2 Å². The van der Waals surface area contributed by atoms with Crippen molar-refractivity contribution in [3.63, 3.8) is 0 Å². The van der Waals surface area contributed by atoms with Gasteiger partial charge in [-0.15, -0.1) is 0 Å². The Balaban J connectivity index is 1.57. The number of nitrogens with zero attached hydrogens (tertiary/aromatic N) is 4. The van der Waals surface area contributed by atoms with Crippen molar-refractivity contribution < 1.29 is 0 Å². The quantitative estimate of drug-likeness (QED) is 0.478. The third kappa shape index (κ3) is 3.16. The summed E-state index contributed by atoms with van der Waals surface area (Å²) in [5, 5.41) is 3.47. The summed E-state index contributed by atoms with van der Waals surface area (Å²) in [6.45, 7) is 7.54. The molecule has 160 valence electrons. The maximum atomic E-state index is 5.18. The van der Waals surface area contributed by atoms with Crippen molar-refractivity contribution >= 4 is 22.7 Å². The predicted octanol–water partition coefficient (Wildman–Crippen LogP) is 5.42. The van der Waals surface area contributed by atoms with E-state index in [1.165, 1.54) is 36.1 Å². The van der Waals surface area contributed by atoms with E-state index >= 15 is 0 Å². The Bertz CT molecular complexity index is 1300. The Kier molecular flexibility index (Phi) is 4.67. The van der Waals surface area contributed by atoms with Gasteiger partial charge in [-0.25, -0.2) is 9.97 Å². The second kappa shape index (κ2) is 7.83. The van der Waals surface area contributed by atoms with Crippen LogP contribution in [0.15, 0.2) is 67.5 Å². The maximum absolute atomic E-state index is 5.18. The third-order valence-electron chi connectivity index (χ3n) is 6.68. The van der Waals surface area contributed by atoms with Gasteiger partial charge in [0.1, 0.15) is 0 Å². The Morgan fingerprint density at radius 2 is 1.84 bits per heavy atom. The van der Waals surface area contributed by atoms with E-state index in [0.29, 0.717) is 0 Å². The number of piperidine rings is 1. The number of nitrogens with one attached hydrogen (secondary N) is 1. The third-order valence-corrected chi connectivity index (χ3v) is 6.68. The summed E-state index contributed by atoms with van der Waals surface area (Å²) in [5.74, 6) is 0.975. The van der Waals surface area contributed by atoms with Crippen molar-refractivity contribution in [2.75, 3.05) is 29.9 Å². The van der Waals surface area contributed by atoms with Crippen LogP contribution in [0.4, 0.5) is 11.5 Å². The second-order valence-electron chi connectivity index (χ2n) is 8.69. The molecule has 1 fully saturated rings. The number of benzene rings is 2. The largest absolute Gasteiger partial charge is 0.384 e. The van der Waals surface area contributed by atoms with Gasteiger partial charge in [0.2, 0.25) is 0 Å². The van der Waals surface area contributed by atoms with Crippen molar-refractivity contribution in [2.24, 2.45) is 0 Å². The number of imidazole rings is 1. The number of hydrogen-bond donors (Lipinski definition) is 1. The summed E-state index contributed by atoms with van der Waals surface area (Å²) >= 11 is 0. The van der Waals surface area contributed by atoms with Gasteiger partial charge in [0.25, 0.3) is 0 Å². The van der Waals surface area contributed by atoms with Gasteiger partial charge in [-0.1, -0.05) is 43.0 Å². The summed E-state index contributed by atoms with van der Waals surface area (Å²) in [4.78, 5) is 12.3. The normalized spacial score (nSPS) is 15.6. The molecule has 0 saturated carbocycles. The number of aromatic nitrogens is 3. The van der Waals surface area contributed by atoms with Crippen LogP contribution in [0.5, 0.6) is 0 Å². The zero-order valence-electron chi connectivity index (χ0n) is 18.2. The monoisotopic (exact) mass is 421 g/mol. The van der Waals surface area contributed by atoms with Crippen molar-refractivity contribution in [3.8, 4) is 11.3 Å². The average molecular weight is 422 g/mol. The highest BCUT2D eigenvalue weighted by molar-refractivity contribution is 5.88. The number of fused-ring (bicyclic) bond motifs is 2. The summed E-state index contributed by atoms with van der Waals surface area (Å²) in [7, 11) is 0.